The van der Waals surface area contributed by atoms with E-state index in [0.717, 1.165) is 0 Å². The number of sulfonamides is 1. The van der Waals surface area contributed by atoms with Crippen molar-refractivity contribution in [2.75, 3.05) is 11.8 Å². The number of benzene rings is 1. The third-order valence-electron chi connectivity index (χ3n) is 3.73. The molecule has 26 heavy (non-hydrogen) atoms. The number of aryl methyl sites for hydroxylation is 3. The summed E-state index contributed by atoms with van der Waals surface area (Å²) in [6.45, 7) is 5.05. The number of methoxy groups -OCH3 is 1. The van der Waals surface area contributed by atoms with Gasteiger partial charge in [-0.1, -0.05) is 16.8 Å². The molecule has 3 rings (SSSR count). The summed E-state index contributed by atoms with van der Waals surface area (Å²) in [6.07, 6.45) is 0. The molecule has 138 valence electrons. The van der Waals surface area contributed by atoms with E-state index in [2.05, 4.69) is 19.8 Å². The topological polar surface area (TPSA) is 110 Å². The summed E-state index contributed by atoms with van der Waals surface area (Å²) in [5, 5.41) is 4.11. The average molecular weight is 397 g/mol. The van der Waals surface area contributed by atoms with Gasteiger partial charge < -0.3 is 14.2 Å². The van der Waals surface area contributed by atoms with Crippen molar-refractivity contribution in [2.24, 2.45) is 0 Å². The van der Waals surface area contributed by atoms with Crippen LogP contribution in [0.15, 0.2) is 27.6 Å². The van der Waals surface area contributed by atoms with E-state index in [-0.39, 0.29) is 16.5 Å². The van der Waals surface area contributed by atoms with Gasteiger partial charge in [0.2, 0.25) is 0 Å². The number of aromatic nitrogens is 3. The zero-order valence-corrected chi connectivity index (χ0v) is 16.1. The van der Waals surface area contributed by atoms with Crippen LogP contribution in [0.1, 0.15) is 17.2 Å². The van der Waals surface area contributed by atoms with Crippen LogP contribution in [0, 0.1) is 20.8 Å². The van der Waals surface area contributed by atoms with Gasteiger partial charge in [0, 0.05) is 16.4 Å². The van der Waals surface area contributed by atoms with E-state index in [9.17, 15) is 8.42 Å². The quantitative estimate of drug-likeness (QED) is 0.683. The molecule has 8 nitrogen and oxygen atoms in total. The minimum Gasteiger partial charge on any atom is -0.495 e. The third-order valence-corrected chi connectivity index (χ3v) is 5.51. The molecule has 0 aliphatic carbocycles. The first-order valence-corrected chi connectivity index (χ1v) is 9.45. The van der Waals surface area contributed by atoms with Crippen LogP contribution in [0.4, 0.5) is 5.69 Å². The molecule has 0 aliphatic heterocycles. The molecule has 3 aromatic rings. The summed E-state index contributed by atoms with van der Waals surface area (Å²) in [4.78, 5) is 7.19. The number of nitrogens with one attached hydrogen (secondary N) is 2. The van der Waals surface area contributed by atoms with E-state index in [0.29, 0.717) is 33.5 Å². The van der Waals surface area contributed by atoms with Gasteiger partial charge in [-0.15, -0.1) is 0 Å². The van der Waals surface area contributed by atoms with Gasteiger partial charge in [-0.3, -0.25) is 4.72 Å². The first-order valence-electron chi connectivity index (χ1n) is 7.59. The summed E-state index contributed by atoms with van der Waals surface area (Å²) in [5.74, 6) is 0.881. The fourth-order valence-electron chi connectivity index (χ4n) is 2.71. The predicted molar refractivity (Wildman–Crippen MR) is 97.1 cm³/mol. The van der Waals surface area contributed by atoms with Gasteiger partial charge in [0.25, 0.3) is 15.9 Å². The fraction of sp³-hybridized carbons (Fsp3) is 0.250. The van der Waals surface area contributed by atoms with Gasteiger partial charge in [-0.2, -0.15) is 4.98 Å². The molecule has 2 aromatic heterocycles. The number of ether oxygens (including phenoxy) is 1. The Labute approximate surface area is 155 Å². The second kappa shape index (κ2) is 6.65. The first kappa shape index (κ1) is 18.3. The minimum absolute atomic E-state index is 0.0284. The number of H-pyrrole nitrogens is 1. The van der Waals surface area contributed by atoms with Crippen molar-refractivity contribution in [1.29, 1.82) is 0 Å². The number of anilines is 1. The van der Waals surface area contributed by atoms with Crippen LogP contribution < -0.4 is 9.46 Å². The van der Waals surface area contributed by atoms with Crippen molar-refractivity contribution in [1.82, 2.24) is 15.1 Å². The maximum Gasteiger partial charge on any atom is 0.264 e. The van der Waals surface area contributed by atoms with E-state index in [1.54, 1.807) is 32.9 Å². The van der Waals surface area contributed by atoms with Gasteiger partial charge in [-0.25, -0.2) is 8.42 Å². The summed E-state index contributed by atoms with van der Waals surface area (Å²) in [5.41, 5.74) is 1.61. The lowest BCUT2D eigenvalue weighted by molar-refractivity contribution is 0.417. The van der Waals surface area contributed by atoms with Crippen LogP contribution in [0.25, 0.3) is 11.5 Å². The maximum absolute atomic E-state index is 13.1. The van der Waals surface area contributed by atoms with E-state index in [4.69, 9.17) is 20.9 Å². The number of aromatic amines is 1. The average Bonchev–Trinajstić information content (AvgIpc) is 3.10. The Bertz CT molecular complexity index is 1070. The van der Waals surface area contributed by atoms with Crippen LogP contribution in [0.5, 0.6) is 5.75 Å². The number of hydrogen-bond donors (Lipinski definition) is 2. The second-order valence-corrected chi connectivity index (χ2v) is 7.73. The summed E-state index contributed by atoms with van der Waals surface area (Å²) in [6, 6.07) is 4.66. The number of nitrogens with zero attached hydrogens (tertiary/aromatic N) is 2. The predicted octanol–water partition coefficient (Wildman–Crippen LogP) is 3.45. The standard InChI is InChI=1S/C16H17ClN4O4S/c1-8-14(16-19-10(3)20-25-16)15(9(2)18-8)26(22,23)21-12-7-11(17)5-6-13(12)24-4/h5-7,18,21H,1-4H3. The van der Waals surface area contributed by atoms with E-state index in [1.165, 1.54) is 13.2 Å². The first-order chi connectivity index (χ1) is 12.2. The molecule has 0 saturated heterocycles. The molecule has 0 radical (unpaired) electrons. The van der Waals surface area contributed by atoms with E-state index < -0.39 is 10.0 Å². The van der Waals surface area contributed by atoms with Crippen molar-refractivity contribution in [3.8, 4) is 17.2 Å². The number of rotatable bonds is 5. The van der Waals surface area contributed by atoms with E-state index >= 15 is 0 Å². The van der Waals surface area contributed by atoms with Crippen molar-refractivity contribution in [3.05, 3.63) is 40.4 Å². The molecule has 1 aromatic carbocycles. The van der Waals surface area contributed by atoms with Crippen LogP contribution in [-0.4, -0.2) is 30.7 Å². The Balaban J connectivity index is 2.13. The molecular formula is C16H17ClN4O4S. The smallest absolute Gasteiger partial charge is 0.264 e. The highest BCUT2D eigenvalue weighted by Gasteiger charge is 2.29. The lowest BCUT2D eigenvalue weighted by atomic mass is 10.2. The lowest BCUT2D eigenvalue weighted by Gasteiger charge is -2.13. The monoisotopic (exact) mass is 396 g/mol. The van der Waals surface area contributed by atoms with Gasteiger partial charge in [0.05, 0.1) is 18.4 Å². The molecule has 2 N–H and O–H groups in total. The van der Waals surface area contributed by atoms with E-state index in [1.807, 2.05) is 0 Å². The summed E-state index contributed by atoms with van der Waals surface area (Å²) in [7, 11) is -2.55. The molecule has 10 heteroatoms. The molecule has 0 unspecified atom stereocenters. The van der Waals surface area contributed by atoms with Gasteiger partial charge in [-0.05, 0) is 39.0 Å². The van der Waals surface area contributed by atoms with Gasteiger partial charge in [0.1, 0.15) is 10.6 Å². The number of hydrogen-bond acceptors (Lipinski definition) is 6. The van der Waals surface area contributed by atoms with Crippen molar-refractivity contribution >= 4 is 27.3 Å². The zero-order valence-electron chi connectivity index (χ0n) is 14.5. The molecular weight excluding hydrogens is 380 g/mol. The lowest BCUT2D eigenvalue weighted by Crippen LogP contribution is -2.15. The Morgan fingerprint density at radius 3 is 2.58 bits per heavy atom. The molecule has 0 atom stereocenters. The van der Waals surface area contributed by atoms with Crippen molar-refractivity contribution in [2.45, 2.75) is 25.7 Å². The van der Waals surface area contributed by atoms with Crippen molar-refractivity contribution < 1.29 is 17.7 Å². The Morgan fingerprint density at radius 1 is 1.23 bits per heavy atom. The van der Waals surface area contributed by atoms with Gasteiger partial charge >= 0.3 is 0 Å². The molecule has 0 amide bonds. The molecule has 0 spiro atoms. The second-order valence-electron chi connectivity index (χ2n) is 5.68. The Hall–Kier alpha value is -2.52. The molecule has 0 bridgehead atoms. The SMILES string of the molecule is COc1ccc(Cl)cc1NS(=O)(=O)c1c(C)[nH]c(C)c1-c1nc(C)no1. The number of halogens is 1. The summed E-state index contributed by atoms with van der Waals surface area (Å²) >= 11 is 5.98. The largest absolute Gasteiger partial charge is 0.495 e. The third kappa shape index (κ3) is 3.27. The molecule has 0 aliphatic rings. The van der Waals surface area contributed by atoms with Crippen molar-refractivity contribution in [3.63, 3.8) is 0 Å². The summed E-state index contributed by atoms with van der Waals surface area (Å²) < 4.78 is 39.1. The highest BCUT2D eigenvalue weighted by Crippen LogP contribution is 2.35. The highest BCUT2D eigenvalue weighted by atomic mass is 35.5. The fourth-order valence-corrected chi connectivity index (χ4v) is 4.39. The van der Waals surface area contributed by atoms with Crippen LogP contribution in [0.3, 0.4) is 0 Å². The van der Waals surface area contributed by atoms with Crippen LogP contribution in [0.2, 0.25) is 5.02 Å². The van der Waals surface area contributed by atoms with Gasteiger partial charge in [0.15, 0.2) is 5.82 Å². The molecule has 0 saturated carbocycles. The molecule has 0 fully saturated rings. The highest BCUT2D eigenvalue weighted by molar-refractivity contribution is 7.93. The Kier molecular flexibility index (Phi) is 4.68. The minimum atomic E-state index is -3.99. The Morgan fingerprint density at radius 2 is 1.96 bits per heavy atom. The van der Waals surface area contributed by atoms with Crippen LogP contribution in [-0.2, 0) is 10.0 Å². The zero-order chi connectivity index (χ0) is 19.1. The normalized spacial score (nSPS) is 11.6. The molecule has 2 heterocycles. The van der Waals surface area contributed by atoms with Crippen LogP contribution >= 0.6 is 11.6 Å². The maximum atomic E-state index is 13.1.